The number of nitro groups is 1. The topological polar surface area (TPSA) is 94.8 Å². The smallest absolute Gasteiger partial charge is 0.273 e. The highest BCUT2D eigenvalue weighted by Gasteiger charge is 2.26. The van der Waals surface area contributed by atoms with Crippen LogP contribution in [0.4, 0.5) is 10.8 Å². The lowest BCUT2D eigenvalue weighted by atomic mass is 10.2. The number of thiazole rings is 1. The monoisotopic (exact) mass is 413 g/mol. The first-order valence-electron chi connectivity index (χ1n) is 9.25. The largest absolute Gasteiger partial charge is 0.483 e. The molecule has 29 heavy (non-hydrogen) atoms. The minimum Gasteiger partial charge on any atom is -0.483 e. The van der Waals surface area contributed by atoms with E-state index in [2.05, 4.69) is 4.98 Å². The third-order valence-corrected chi connectivity index (χ3v) is 5.67. The number of nitro benzene ring substituents is 1. The molecule has 1 aromatic heterocycles. The normalized spacial score (nSPS) is 16.1. The Morgan fingerprint density at radius 2 is 2.17 bits per heavy atom. The number of hydrogen-bond acceptors (Lipinski definition) is 7. The van der Waals surface area contributed by atoms with Crippen LogP contribution in [-0.4, -0.2) is 41.7 Å². The van der Waals surface area contributed by atoms with Gasteiger partial charge < -0.3 is 9.47 Å². The Bertz CT molecular complexity index is 999. The van der Waals surface area contributed by atoms with Gasteiger partial charge in [-0.05, 0) is 31.0 Å². The zero-order valence-electron chi connectivity index (χ0n) is 15.5. The van der Waals surface area contributed by atoms with Crippen LogP contribution in [0.15, 0.2) is 48.5 Å². The lowest BCUT2D eigenvalue weighted by molar-refractivity contribution is -0.384. The third-order valence-electron chi connectivity index (χ3n) is 4.62. The van der Waals surface area contributed by atoms with Gasteiger partial charge in [-0.3, -0.25) is 19.8 Å². The van der Waals surface area contributed by atoms with Crippen LogP contribution in [0.3, 0.4) is 0 Å². The highest BCUT2D eigenvalue weighted by molar-refractivity contribution is 7.22. The average molecular weight is 413 g/mol. The molecule has 1 aliphatic rings. The van der Waals surface area contributed by atoms with E-state index in [0.29, 0.717) is 18.3 Å². The minimum atomic E-state index is -0.500. The van der Waals surface area contributed by atoms with Crippen molar-refractivity contribution in [1.29, 1.82) is 0 Å². The molecule has 0 radical (unpaired) electrons. The molecule has 0 bridgehead atoms. The van der Waals surface area contributed by atoms with Gasteiger partial charge in [0.2, 0.25) is 0 Å². The Morgan fingerprint density at radius 1 is 1.31 bits per heavy atom. The summed E-state index contributed by atoms with van der Waals surface area (Å²) in [6.45, 7) is 0.845. The van der Waals surface area contributed by atoms with Crippen molar-refractivity contribution < 1.29 is 19.2 Å². The lowest BCUT2D eigenvalue weighted by Gasteiger charge is -2.23. The van der Waals surface area contributed by atoms with E-state index < -0.39 is 4.92 Å². The van der Waals surface area contributed by atoms with E-state index in [9.17, 15) is 14.9 Å². The second kappa shape index (κ2) is 8.54. The van der Waals surface area contributed by atoms with Crippen LogP contribution in [0.25, 0.3) is 10.2 Å². The standard InChI is InChI=1S/C20H19N3O5S/c24-19(13-28-15-6-3-5-14(11-15)23(25)26)22(12-16-7-4-10-27-16)20-21-17-8-1-2-9-18(17)29-20/h1-3,5-6,8-9,11,16H,4,7,10,12-13H2. The molecule has 1 fully saturated rings. The van der Waals surface area contributed by atoms with Crippen molar-refractivity contribution in [3.05, 3.63) is 58.6 Å². The van der Waals surface area contributed by atoms with Gasteiger partial charge in [0, 0.05) is 12.7 Å². The zero-order chi connectivity index (χ0) is 20.2. The number of hydrogen-bond donors (Lipinski definition) is 0. The second-order valence-corrected chi connectivity index (χ2v) is 7.66. The second-order valence-electron chi connectivity index (χ2n) is 6.65. The molecule has 0 saturated carbocycles. The summed E-state index contributed by atoms with van der Waals surface area (Å²) in [7, 11) is 0. The van der Waals surface area contributed by atoms with Gasteiger partial charge in [0.1, 0.15) is 5.75 Å². The van der Waals surface area contributed by atoms with E-state index in [1.807, 2.05) is 24.3 Å². The third kappa shape index (κ3) is 4.52. The predicted octanol–water partition coefficient (Wildman–Crippen LogP) is 3.80. The van der Waals surface area contributed by atoms with E-state index >= 15 is 0 Å². The number of amides is 1. The summed E-state index contributed by atoms with van der Waals surface area (Å²) in [6, 6.07) is 13.5. The molecule has 4 rings (SSSR count). The number of nitrogens with zero attached hydrogens (tertiary/aromatic N) is 3. The van der Waals surface area contributed by atoms with Crippen LogP contribution in [0.2, 0.25) is 0 Å². The van der Waals surface area contributed by atoms with Crippen LogP contribution in [0.1, 0.15) is 12.8 Å². The Balaban J connectivity index is 1.52. The number of ether oxygens (including phenoxy) is 2. The number of carbonyl (C=O) groups is 1. The van der Waals surface area contributed by atoms with E-state index in [1.165, 1.54) is 29.5 Å². The Hall–Kier alpha value is -3.04. The van der Waals surface area contributed by atoms with Gasteiger partial charge in [0.25, 0.3) is 11.6 Å². The summed E-state index contributed by atoms with van der Waals surface area (Å²) in [5, 5.41) is 11.5. The van der Waals surface area contributed by atoms with Crippen LogP contribution in [0.5, 0.6) is 5.75 Å². The fraction of sp³-hybridized carbons (Fsp3) is 0.300. The molecule has 150 valence electrons. The Morgan fingerprint density at radius 3 is 2.93 bits per heavy atom. The number of anilines is 1. The lowest BCUT2D eigenvalue weighted by Crippen LogP contribution is -2.40. The molecule has 8 nitrogen and oxygen atoms in total. The van der Waals surface area contributed by atoms with E-state index in [1.54, 1.807) is 11.0 Å². The van der Waals surface area contributed by atoms with Crippen molar-refractivity contribution in [2.75, 3.05) is 24.7 Å². The summed E-state index contributed by atoms with van der Waals surface area (Å²) in [5.74, 6) is -0.0000199. The number of para-hydroxylation sites is 1. The molecule has 0 spiro atoms. The van der Waals surface area contributed by atoms with Crippen molar-refractivity contribution in [1.82, 2.24) is 4.98 Å². The first-order chi connectivity index (χ1) is 14.1. The molecule has 1 amide bonds. The van der Waals surface area contributed by atoms with Gasteiger partial charge in [-0.15, -0.1) is 0 Å². The highest BCUT2D eigenvalue weighted by Crippen LogP contribution is 2.30. The maximum Gasteiger partial charge on any atom is 0.273 e. The number of rotatable bonds is 7. The maximum atomic E-state index is 13.0. The van der Waals surface area contributed by atoms with Gasteiger partial charge in [-0.25, -0.2) is 4.98 Å². The number of fused-ring (bicyclic) bond motifs is 1. The first-order valence-corrected chi connectivity index (χ1v) is 10.1. The molecule has 9 heteroatoms. The SMILES string of the molecule is O=C(COc1cccc([N+](=O)[O-])c1)N(CC1CCCO1)c1nc2ccccc2s1. The average Bonchev–Trinajstić information content (AvgIpc) is 3.39. The van der Waals surface area contributed by atoms with Crippen molar-refractivity contribution >= 4 is 38.3 Å². The van der Waals surface area contributed by atoms with Crippen molar-refractivity contribution in [3.63, 3.8) is 0 Å². The predicted molar refractivity (Wildman–Crippen MR) is 110 cm³/mol. The van der Waals surface area contributed by atoms with Gasteiger partial charge in [-0.1, -0.05) is 29.5 Å². The molecule has 0 N–H and O–H groups in total. The molecule has 3 aromatic rings. The number of benzene rings is 2. The fourth-order valence-corrected chi connectivity index (χ4v) is 4.16. The van der Waals surface area contributed by atoms with Gasteiger partial charge in [-0.2, -0.15) is 0 Å². The van der Waals surface area contributed by atoms with E-state index in [-0.39, 0.29) is 30.1 Å². The van der Waals surface area contributed by atoms with Crippen molar-refractivity contribution in [2.24, 2.45) is 0 Å². The molecular formula is C20H19N3O5S. The highest BCUT2D eigenvalue weighted by atomic mass is 32.1. The Labute approximate surface area is 170 Å². The van der Waals surface area contributed by atoms with Crippen molar-refractivity contribution in [3.8, 4) is 5.75 Å². The molecule has 1 saturated heterocycles. The molecule has 1 atom stereocenters. The van der Waals surface area contributed by atoms with Gasteiger partial charge in [0.05, 0.1) is 33.9 Å². The fourth-order valence-electron chi connectivity index (χ4n) is 3.16. The summed E-state index contributed by atoms with van der Waals surface area (Å²) >= 11 is 1.44. The summed E-state index contributed by atoms with van der Waals surface area (Å²) in [6.07, 6.45) is 1.82. The molecule has 0 aliphatic carbocycles. The summed E-state index contributed by atoms with van der Waals surface area (Å²) in [4.78, 5) is 29.6. The van der Waals surface area contributed by atoms with E-state index in [4.69, 9.17) is 9.47 Å². The molecule has 2 heterocycles. The maximum absolute atomic E-state index is 13.0. The quantitative estimate of drug-likeness (QED) is 0.432. The van der Waals surface area contributed by atoms with Crippen molar-refractivity contribution in [2.45, 2.75) is 18.9 Å². The van der Waals surface area contributed by atoms with Crippen LogP contribution in [0, 0.1) is 10.1 Å². The number of aromatic nitrogens is 1. The molecule has 2 aromatic carbocycles. The van der Waals surface area contributed by atoms with E-state index in [0.717, 1.165) is 23.1 Å². The summed E-state index contributed by atoms with van der Waals surface area (Å²) < 4.78 is 12.2. The first kappa shape index (κ1) is 19.3. The summed E-state index contributed by atoms with van der Waals surface area (Å²) in [5.41, 5.74) is 0.745. The van der Waals surface area contributed by atoms with Gasteiger partial charge >= 0.3 is 0 Å². The van der Waals surface area contributed by atoms with Crippen LogP contribution in [-0.2, 0) is 9.53 Å². The molecule has 1 aliphatic heterocycles. The molecular weight excluding hydrogens is 394 g/mol. The zero-order valence-corrected chi connectivity index (χ0v) is 16.3. The van der Waals surface area contributed by atoms with Crippen LogP contribution >= 0.6 is 11.3 Å². The van der Waals surface area contributed by atoms with Gasteiger partial charge in [0.15, 0.2) is 11.7 Å². The number of carbonyl (C=O) groups excluding carboxylic acids is 1. The minimum absolute atomic E-state index is 0.0382. The molecule has 1 unspecified atom stereocenters. The van der Waals surface area contributed by atoms with Crippen LogP contribution < -0.4 is 9.64 Å². The Kier molecular flexibility index (Phi) is 5.68. The number of non-ortho nitro benzene ring substituents is 1.